The van der Waals surface area contributed by atoms with Crippen LogP contribution in [0.15, 0.2) is 0 Å². The molecule has 2 amide bonds. The molecule has 2 aliphatic heterocycles. The highest BCUT2D eigenvalue weighted by Gasteiger charge is 2.28. The van der Waals surface area contributed by atoms with Crippen molar-refractivity contribution in [2.75, 3.05) is 26.2 Å². The van der Waals surface area contributed by atoms with Crippen molar-refractivity contribution < 1.29 is 38.9 Å². The zero-order valence-corrected chi connectivity index (χ0v) is 19.8. The lowest BCUT2D eigenvalue weighted by Crippen LogP contribution is -2.36. The minimum absolute atomic E-state index is 0.118. The number of hydrogen-bond acceptors (Lipinski definition) is 8. The molecule has 12 heteroatoms. The summed E-state index contributed by atoms with van der Waals surface area (Å²) in [4.78, 5) is 44.4. The van der Waals surface area contributed by atoms with Gasteiger partial charge in [-0.2, -0.15) is 0 Å². The van der Waals surface area contributed by atoms with Gasteiger partial charge in [-0.3, -0.25) is 0 Å². The van der Waals surface area contributed by atoms with E-state index < -0.39 is 23.1 Å². The number of nitrogens with two attached hydrogens (primary N) is 2. The third-order valence-corrected chi connectivity index (χ3v) is 3.94. The molecule has 6 N–H and O–H groups in total. The maximum absolute atomic E-state index is 11.5. The summed E-state index contributed by atoms with van der Waals surface area (Å²) in [5.41, 5.74) is 10.5. The van der Waals surface area contributed by atoms with Gasteiger partial charge in [-0.15, -0.1) is 0 Å². The molecule has 0 bridgehead atoms. The number of carbonyl (C=O) groups excluding carboxylic acids is 2. The molecular formula is C20H38N4O8. The molecular weight excluding hydrogens is 424 g/mol. The van der Waals surface area contributed by atoms with E-state index in [1.54, 1.807) is 9.80 Å². The minimum Gasteiger partial charge on any atom is -0.473 e. The first kappa shape index (κ1) is 29.4. The van der Waals surface area contributed by atoms with Gasteiger partial charge in [0.05, 0.1) is 0 Å². The summed E-state index contributed by atoms with van der Waals surface area (Å²) in [5.74, 6) is -3.65. The number of carboxylic acid groups (broad SMARTS) is 2. The van der Waals surface area contributed by atoms with E-state index in [-0.39, 0.29) is 24.3 Å². The molecule has 0 aromatic carbocycles. The van der Waals surface area contributed by atoms with Crippen LogP contribution >= 0.6 is 0 Å². The van der Waals surface area contributed by atoms with Crippen LogP contribution in [0.25, 0.3) is 0 Å². The quantitative estimate of drug-likeness (QED) is 0.379. The van der Waals surface area contributed by atoms with Crippen molar-refractivity contribution in [3.05, 3.63) is 0 Å². The molecule has 2 rings (SSSR count). The molecule has 0 aromatic rings. The lowest BCUT2D eigenvalue weighted by molar-refractivity contribution is -0.159. The van der Waals surface area contributed by atoms with E-state index in [1.165, 1.54) is 0 Å². The summed E-state index contributed by atoms with van der Waals surface area (Å²) < 4.78 is 10.4. The molecule has 12 nitrogen and oxygen atoms in total. The first-order chi connectivity index (χ1) is 14.4. The Labute approximate surface area is 188 Å². The molecule has 2 heterocycles. The van der Waals surface area contributed by atoms with Crippen LogP contribution in [-0.4, -0.2) is 93.6 Å². The highest BCUT2D eigenvalue weighted by atomic mass is 16.6. The number of aliphatic carboxylic acids is 2. The summed E-state index contributed by atoms with van der Waals surface area (Å²) in [6, 6.07) is 0.236. The largest absolute Gasteiger partial charge is 0.473 e. The number of carbonyl (C=O) groups is 4. The van der Waals surface area contributed by atoms with Crippen molar-refractivity contribution in [3.8, 4) is 0 Å². The SMILES string of the molecule is CC(C)(C)OC(=O)N1CC[C@@H](N)C1.CC(C)(C)OC(=O)N1CC[C@@H](N)C1.O=C(O)C(=O)O. The van der Waals surface area contributed by atoms with E-state index in [2.05, 4.69) is 0 Å². The van der Waals surface area contributed by atoms with E-state index >= 15 is 0 Å². The predicted octanol–water partition coefficient (Wildman–Crippen LogP) is 1.06. The maximum atomic E-state index is 11.5. The van der Waals surface area contributed by atoms with Crippen LogP contribution in [0.1, 0.15) is 54.4 Å². The Morgan fingerprint density at radius 2 is 1.00 bits per heavy atom. The third kappa shape index (κ3) is 13.7. The Kier molecular flexibility index (Phi) is 11.4. The zero-order valence-electron chi connectivity index (χ0n) is 19.8. The monoisotopic (exact) mass is 462 g/mol. The highest BCUT2D eigenvalue weighted by Crippen LogP contribution is 2.15. The van der Waals surface area contributed by atoms with Gasteiger partial charge >= 0.3 is 24.1 Å². The predicted molar refractivity (Wildman–Crippen MR) is 116 cm³/mol. The zero-order chi connectivity index (χ0) is 25.3. The molecule has 0 saturated carbocycles. The second-order valence-electron chi connectivity index (χ2n) is 9.56. The number of rotatable bonds is 0. The molecule has 0 radical (unpaired) electrons. The standard InChI is InChI=1S/2C9H18N2O2.C2H2O4/c2*1-9(2,3)13-8(12)11-5-4-7(10)6-11;3-1(4)2(5)6/h2*7H,4-6,10H2,1-3H3;(H,3,4)(H,5,6)/t2*7-;/m11./s1. The second-order valence-corrected chi connectivity index (χ2v) is 9.56. The van der Waals surface area contributed by atoms with E-state index in [0.29, 0.717) is 13.1 Å². The fourth-order valence-electron chi connectivity index (χ4n) is 2.56. The van der Waals surface area contributed by atoms with Gasteiger partial charge in [0.15, 0.2) is 0 Å². The molecule has 0 unspecified atom stereocenters. The average molecular weight is 463 g/mol. The highest BCUT2D eigenvalue weighted by molar-refractivity contribution is 6.27. The van der Waals surface area contributed by atoms with Crippen molar-refractivity contribution in [3.63, 3.8) is 0 Å². The summed E-state index contributed by atoms with van der Waals surface area (Å²) in [5, 5.41) is 14.8. The number of likely N-dealkylation sites (tertiary alicyclic amines) is 2. The van der Waals surface area contributed by atoms with E-state index in [4.69, 9.17) is 40.7 Å². The number of ether oxygens (including phenoxy) is 2. The molecule has 0 spiro atoms. The van der Waals surface area contributed by atoms with E-state index in [9.17, 15) is 9.59 Å². The summed E-state index contributed by atoms with van der Waals surface area (Å²) in [7, 11) is 0. The van der Waals surface area contributed by atoms with Gasteiger partial charge in [-0.25, -0.2) is 19.2 Å². The van der Waals surface area contributed by atoms with Crippen LogP contribution in [0.3, 0.4) is 0 Å². The topological polar surface area (TPSA) is 186 Å². The van der Waals surface area contributed by atoms with Crippen molar-refractivity contribution in [2.45, 2.75) is 77.7 Å². The van der Waals surface area contributed by atoms with Crippen LogP contribution in [0.2, 0.25) is 0 Å². The Bertz CT molecular complexity index is 601. The number of carboxylic acids is 2. The fraction of sp³-hybridized carbons (Fsp3) is 0.800. The average Bonchev–Trinajstić information content (AvgIpc) is 3.21. The molecule has 0 aromatic heterocycles. The third-order valence-electron chi connectivity index (χ3n) is 3.94. The van der Waals surface area contributed by atoms with Crippen LogP contribution in [0, 0.1) is 0 Å². The van der Waals surface area contributed by atoms with Crippen molar-refractivity contribution in [1.29, 1.82) is 0 Å². The fourth-order valence-corrected chi connectivity index (χ4v) is 2.56. The van der Waals surface area contributed by atoms with Gasteiger partial charge in [0.1, 0.15) is 11.2 Å². The van der Waals surface area contributed by atoms with Gasteiger partial charge in [-0.1, -0.05) is 0 Å². The van der Waals surface area contributed by atoms with E-state index in [0.717, 1.165) is 25.9 Å². The van der Waals surface area contributed by atoms with Crippen LogP contribution in [0.4, 0.5) is 9.59 Å². The molecule has 2 saturated heterocycles. The second kappa shape index (κ2) is 12.4. The Hall–Kier alpha value is -2.60. The van der Waals surface area contributed by atoms with Crippen LogP contribution in [-0.2, 0) is 19.1 Å². The first-order valence-corrected chi connectivity index (χ1v) is 10.3. The van der Waals surface area contributed by atoms with Crippen molar-refractivity contribution >= 4 is 24.1 Å². The van der Waals surface area contributed by atoms with Gasteiger partial charge in [0.2, 0.25) is 0 Å². The lowest BCUT2D eigenvalue weighted by atomic mass is 10.2. The summed E-state index contributed by atoms with van der Waals surface area (Å²) in [6.45, 7) is 13.8. The van der Waals surface area contributed by atoms with Gasteiger partial charge < -0.3 is 41.0 Å². The van der Waals surface area contributed by atoms with Gasteiger partial charge in [0, 0.05) is 38.3 Å². The number of hydrogen-bond donors (Lipinski definition) is 4. The molecule has 2 fully saturated rings. The molecule has 2 atom stereocenters. The van der Waals surface area contributed by atoms with Crippen LogP contribution < -0.4 is 11.5 Å². The molecule has 32 heavy (non-hydrogen) atoms. The maximum Gasteiger partial charge on any atom is 0.414 e. The molecule has 0 aliphatic carbocycles. The smallest absolute Gasteiger partial charge is 0.414 e. The Morgan fingerprint density at radius 3 is 1.16 bits per heavy atom. The summed E-state index contributed by atoms with van der Waals surface area (Å²) >= 11 is 0. The van der Waals surface area contributed by atoms with E-state index in [1.807, 2.05) is 41.5 Å². The van der Waals surface area contributed by atoms with Gasteiger partial charge in [0.25, 0.3) is 0 Å². The minimum atomic E-state index is -1.82. The first-order valence-electron chi connectivity index (χ1n) is 10.3. The number of amides is 2. The molecule has 186 valence electrons. The normalized spacial score (nSPS) is 20.4. The molecule has 2 aliphatic rings. The van der Waals surface area contributed by atoms with Crippen molar-refractivity contribution in [1.82, 2.24) is 9.80 Å². The number of nitrogens with zero attached hydrogens (tertiary/aromatic N) is 2. The van der Waals surface area contributed by atoms with Gasteiger partial charge in [-0.05, 0) is 54.4 Å². The summed E-state index contributed by atoms with van der Waals surface area (Å²) in [6.07, 6.45) is 1.25. The Morgan fingerprint density at radius 1 is 0.719 bits per heavy atom. The lowest BCUT2D eigenvalue weighted by Gasteiger charge is -2.24. The van der Waals surface area contributed by atoms with Crippen LogP contribution in [0.5, 0.6) is 0 Å². The Balaban J connectivity index is 0.000000484. The van der Waals surface area contributed by atoms with Crippen molar-refractivity contribution in [2.24, 2.45) is 11.5 Å².